The van der Waals surface area contributed by atoms with Crippen LogP contribution in [0.2, 0.25) is 0 Å². The molecule has 2 rings (SSSR count). The highest BCUT2D eigenvalue weighted by molar-refractivity contribution is 5.92. The molecule has 0 saturated carbocycles. The number of rotatable bonds is 4. The molecule has 0 aliphatic rings. The number of aryl methyl sites for hydroxylation is 1. The van der Waals surface area contributed by atoms with Gasteiger partial charge in [0, 0.05) is 19.2 Å². The smallest absolute Gasteiger partial charge is 0.269 e. The molecule has 0 saturated heterocycles. The lowest BCUT2D eigenvalue weighted by Crippen LogP contribution is -2.20. The molecular weight excluding hydrogens is 252 g/mol. The van der Waals surface area contributed by atoms with E-state index in [2.05, 4.69) is 16.4 Å². The Kier molecular flexibility index (Phi) is 4.48. The van der Waals surface area contributed by atoms with E-state index in [-0.39, 0.29) is 12.5 Å². The van der Waals surface area contributed by atoms with Crippen LogP contribution in [0.25, 0.3) is 0 Å². The highest BCUT2D eigenvalue weighted by Crippen LogP contribution is 2.13. The van der Waals surface area contributed by atoms with Gasteiger partial charge >= 0.3 is 0 Å². The van der Waals surface area contributed by atoms with Gasteiger partial charge in [-0.25, -0.2) is 4.98 Å². The van der Waals surface area contributed by atoms with Crippen LogP contribution in [0.15, 0.2) is 36.4 Å². The van der Waals surface area contributed by atoms with E-state index in [9.17, 15) is 9.90 Å². The standard InChI is InChI=1S/C16H18N2O2/c1-11-4-3-5-12(6-11)7-14-8-13(10-19)9-15(18-14)16(20)17-2/h3-6,8-9,19H,7,10H2,1-2H3,(H,17,20). The Balaban J connectivity index is 2.33. The van der Waals surface area contributed by atoms with Crippen LogP contribution in [-0.4, -0.2) is 23.0 Å². The maximum Gasteiger partial charge on any atom is 0.269 e. The lowest BCUT2D eigenvalue weighted by atomic mass is 10.0. The molecule has 104 valence electrons. The lowest BCUT2D eigenvalue weighted by Gasteiger charge is -2.07. The third-order valence-electron chi connectivity index (χ3n) is 3.05. The summed E-state index contributed by atoms with van der Waals surface area (Å²) >= 11 is 0. The van der Waals surface area contributed by atoms with Crippen molar-refractivity contribution >= 4 is 5.91 Å². The van der Waals surface area contributed by atoms with Gasteiger partial charge in [0.2, 0.25) is 0 Å². The maximum atomic E-state index is 11.7. The predicted molar refractivity (Wildman–Crippen MR) is 77.5 cm³/mol. The number of hydrogen-bond acceptors (Lipinski definition) is 3. The van der Waals surface area contributed by atoms with E-state index >= 15 is 0 Å². The van der Waals surface area contributed by atoms with Crippen molar-refractivity contribution in [2.75, 3.05) is 7.05 Å². The van der Waals surface area contributed by atoms with Gasteiger partial charge in [-0.3, -0.25) is 4.79 Å². The number of nitrogens with zero attached hydrogens (tertiary/aromatic N) is 1. The molecule has 2 aromatic rings. The Labute approximate surface area is 118 Å². The number of amides is 1. The van der Waals surface area contributed by atoms with Crippen molar-refractivity contribution in [1.82, 2.24) is 10.3 Å². The van der Waals surface area contributed by atoms with Crippen molar-refractivity contribution in [3.8, 4) is 0 Å². The Hall–Kier alpha value is -2.20. The number of aromatic nitrogens is 1. The van der Waals surface area contributed by atoms with Gasteiger partial charge in [-0.15, -0.1) is 0 Å². The third kappa shape index (κ3) is 3.42. The number of carbonyl (C=O) groups is 1. The largest absolute Gasteiger partial charge is 0.392 e. The number of nitrogens with one attached hydrogen (secondary N) is 1. The highest BCUT2D eigenvalue weighted by atomic mass is 16.3. The van der Waals surface area contributed by atoms with Gasteiger partial charge in [-0.05, 0) is 30.2 Å². The second-order valence-corrected chi connectivity index (χ2v) is 4.76. The quantitative estimate of drug-likeness (QED) is 0.891. The summed E-state index contributed by atoms with van der Waals surface area (Å²) in [5.41, 5.74) is 4.13. The van der Waals surface area contributed by atoms with Crippen molar-refractivity contribution in [1.29, 1.82) is 0 Å². The van der Waals surface area contributed by atoms with Crippen LogP contribution in [-0.2, 0) is 13.0 Å². The zero-order valence-corrected chi connectivity index (χ0v) is 11.7. The minimum Gasteiger partial charge on any atom is -0.392 e. The van der Waals surface area contributed by atoms with Gasteiger partial charge in [0.15, 0.2) is 0 Å². The van der Waals surface area contributed by atoms with Gasteiger partial charge < -0.3 is 10.4 Å². The Morgan fingerprint density at radius 2 is 2.05 bits per heavy atom. The van der Waals surface area contributed by atoms with Crippen LogP contribution < -0.4 is 5.32 Å². The van der Waals surface area contributed by atoms with E-state index in [1.54, 1.807) is 13.1 Å². The van der Waals surface area contributed by atoms with E-state index < -0.39 is 0 Å². The number of pyridine rings is 1. The molecule has 0 aliphatic heterocycles. The van der Waals surface area contributed by atoms with Crippen LogP contribution in [0.3, 0.4) is 0 Å². The van der Waals surface area contributed by atoms with Crippen molar-refractivity contribution in [2.24, 2.45) is 0 Å². The van der Waals surface area contributed by atoms with Crippen LogP contribution in [0.1, 0.15) is 32.9 Å². The van der Waals surface area contributed by atoms with Gasteiger partial charge in [0.1, 0.15) is 5.69 Å². The molecule has 4 heteroatoms. The number of hydrogen-bond donors (Lipinski definition) is 2. The molecule has 1 heterocycles. The molecule has 20 heavy (non-hydrogen) atoms. The zero-order chi connectivity index (χ0) is 14.5. The molecular formula is C16H18N2O2. The van der Waals surface area contributed by atoms with E-state index in [1.165, 1.54) is 5.56 Å². The van der Waals surface area contributed by atoms with E-state index in [0.29, 0.717) is 17.7 Å². The molecule has 0 radical (unpaired) electrons. The number of aliphatic hydroxyl groups excluding tert-OH is 1. The molecule has 1 aromatic carbocycles. The van der Waals surface area contributed by atoms with Gasteiger partial charge in [-0.2, -0.15) is 0 Å². The van der Waals surface area contributed by atoms with Gasteiger partial charge in [0.05, 0.1) is 6.61 Å². The fraction of sp³-hybridized carbons (Fsp3) is 0.250. The minimum absolute atomic E-state index is 0.104. The first-order valence-corrected chi connectivity index (χ1v) is 6.50. The first kappa shape index (κ1) is 14.2. The topological polar surface area (TPSA) is 62.2 Å². The zero-order valence-electron chi connectivity index (χ0n) is 11.7. The summed E-state index contributed by atoms with van der Waals surface area (Å²) in [7, 11) is 1.57. The summed E-state index contributed by atoms with van der Waals surface area (Å²) in [5, 5.41) is 11.8. The monoisotopic (exact) mass is 270 g/mol. The van der Waals surface area contributed by atoms with Crippen molar-refractivity contribution in [3.05, 3.63) is 64.5 Å². The predicted octanol–water partition coefficient (Wildman–Crippen LogP) is 1.83. The first-order valence-electron chi connectivity index (χ1n) is 6.50. The van der Waals surface area contributed by atoms with Crippen LogP contribution >= 0.6 is 0 Å². The second kappa shape index (κ2) is 6.30. The molecule has 0 aliphatic carbocycles. The molecule has 0 spiro atoms. The van der Waals surface area contributed by atoms with Gasteiger partial charge in [-0.1, -0.05) is 29.8 Å². The van der Waals surface area contributed by atoms with E-state index in [1.807, 2.05) is 31.2 Å². The fourth-order valence-corrected chi connectivity index (χ4v) is 2.11. The summed E-state index contributed by atoms with van der Waals surface area (Å²) in [5.74, 6) is -0.245. The van der Waals surface area contributed by atoms with Crippen LogP contribution in [0.4, 0.5) is 0 Å². The normalized spacial score (nSPS) is 10.3. The summed E-state index contributed by atoms with van der Waals surface area (Å²) in [6.45, 7) is 1.93. The van der Waals surface area contributed by atoms with Crippen LogP contribution in [0, 0.1) is 6.92 Å². The molecule has 0 unspecified atom stereocenters. The van der Waals surface area contributed by atoms with Crippen molar-refractivity contribution in [2.45, 2.75) is 20.0 Å². The fourth-order valence-electron chi connectivity index (χ4n) is 2.11. The van der Waals surface area contributed by atoms with Crippen LogP contribution in [0.5, 0.6) is 0 Å². The van der Waals surface area contributed by atoms with E-state index in [4.69, 9.17) is 0 Å². The van der Waals surface area contributed by atoms with E-state index in [0.717, 1.165) is 11.3 Å². The molecule has 0 bridgehead atoms. The Bertz CT molecular complexity index is 624. The maximum absolute atomic E-state index is 11.7. The number of carbonyl (C=O) groups excluding carboxylic acids is 1. The lowest BCUT2D eigenvalue weighted by molar-refractivity contribution is 0.0957. The summed E-state index contributed by atoms with van der Waals surface area (Å²) in [6, 6.07) is 11.6. The second-order valence-electron chi connectivity index (χ2n) is 4.76. The number of aliphatic hydroxyl groups is 1. The minimum atomic E-state index is -0.245. The highest BCUT2D eigenvalue weighted by Gasteiger charge is 2.09. The summed E-state index contributed by atoms with van der Waals surface area (Å²) in [4.78, 5) is 16.0. The SMILES string of the molecule is CNC(=O)c1cc(CO)cc(Cc2cccc(C)c2)n1. The van der Waals surface area contributed by atoms with Gasteiger partial charge in [0.25, 0.3) is 5.91 Å². The first-order chi connectivity index (χ1) is 9.62. The van der Waals surface area contributed by atoms with Crippen molar-refractivity contribution in [3.63, 3.8) is 0 Å². The number of benzene rings is 1. The van der Waals surface area contributed by atoms with Crippen molar-refractivity contribution < 1.29 is 9.90 Å². The molecule has 1 amide bonds. The Morgan fingerprint density at radius 1 is 1.25 bits per heavy atom. The molecule has 2 N–H and O–H groups in total. The summed E-state index contributed by atoms with van der Waals surface area (Å²) < 4.78 is 0. The molecule has 0 atom stereocenters. The average Bonchev–Trinajstić information content (AvgIpc) is 2.46. The Morgan fingerprint density at radius 3 is 2.70 bits per heavy atom. The molecule has 4 nitrogen and oxygen atoms in total. The molecule has 1 aromatic heterocycles. The third-order valence-corrected chi connectivity index (χ3v) is 3.05. The average molecular weight is 270 g/mol. The molecule has 0 fully saturated rings. The summed E-state index contributed by atoms with van der Waals surface area (Å²) in [6.07, 6.45) is 0.638.